The van der Waals surface area contributed by atoms with Crippen LogP contribution in [0.2, 0.25) is 0 Å². The first-order chi connectivity index (χ1) is 5.36. The van der Waals surface area contributed by atoms with Gasteiger partial charge in [-0.3, -0.25) is 0 Å². The Morgan fingerprint density at radius 1 is 1.45 bits per heavy atom. The molecule has 3 rings (SSSR count). The highest BCUT2D eigenvalue weighted by Gasteiger charge is 2.44. The van der Waals surface area contributed by atoms with E-state index in [2.05, 4.69) is 17.1 Å². The number of nitrogens with two attached hydrogens (primary N) is 1. The number of aromatic amines is 1. The van der Waals surface area contributed by atoms with Crippen LogP contribution in [-0.2, 0) is 0 Å². The largest absolute Gasteiger partial charge is 0.402 e. The number of aromatic nitrogens is 1. The van der Waals surface area contributed by atoms with E-state index in [0.717, 1.165) is 5.70 Å². The SMILES string of the molecule is NC1=Cc2cc[nH]c2C2CC12. The molecular formula is C9H10N2. The molecule has 1 aromatic heterocycles. The minimum absolute atomic E-state index is 0.654. The van der Waals surface area contributed by atoms with Crippen molar-refractivity contribution in [1.82, 2.24) is 4.98 Å². The van der Waals surface area contributed by atoms with E-state index in [4.69, 9.17) is 5.73 Å². The number of hydrogen-bond acceptors (Lipinski definition) is 1. The molecule has 0 aliphatic heterocycles. The average molecular weight is 146 g/mol. The quantitative estimate of drug-likeness (QED) is 0.571. The van der Waals surface area contributed by atoms with Crippen molar-refractivity contribution in [2.45, 2.75) is 12.3 Å². The van der Waals surface area contributed by atoms with Crippen LogP contribution >= 0.6 is 0 Å². The van der Waals surface area contributed by atoms with Gasteiger partial charge < -0.3 is 10.7 Å². The Hall–Kier alpha value is -1.18. The normalized spacial score (nSPS) is 32.2. The van der Waals surface area contributed by atoms with Crippen LogP contribution in [-0.4, -0.2) is 4.98 Å². The van der Waals surface area contributed by atoms with Gasteiger partial charge in [0.25, 0.3) is 0 Å². The highest BCUT2D eigenvalue weighted by molar-refractivity contribution is 5.62. The summed E-state index contributed by atoms with van der Waals surface area (Å²) in [4.78, 5) is 3.27. The molecule has 2 aliphatic rings. The molecule has 2 atom stereocenters. The molecule has 2 heteroatoms. The summed E-state index contributed by atoms with van der Waals surface area (Å²) in [6.07, 6.45) is 5.34. The number of nitrogens with one attached hydrogen (secondary N) is 1. The molecule has 0 saturated heterocycles. The van der Waals surface area contributed by atoms with Gasteiger partial charge in [-0.15, -0.1) is 0 Å². The molecule has 1 heterocycles. The van der Waals surface area contributed by atoms with Crippen molar-refractivity contribution in [3.8, 4) is 0 Å². The Morgan fingerprint density at radius 2 is 2.36 bits per heavy atom. The van der Waals surface area contributed by atoms with Crippen molar-refractivity contribution < 1.29 is 0 Å². The second-order valence-electron chi connectivity index (χ2n) is 3.44. The van der Waals surface area contributed by atoms with E-state index in [1.807, 2.05) is 6.20 Å². The lowest BCUT2D eigenvalue weighted by Gasteiger charge is -2.07. The highest BCUT2D eigenvalue weighted by atomic mass is 14.8. The Morgan fingerprint density at radius 3 is 3.27 bits per heavy atom. The topological polar surface area (TPSA) is 41.8 Å². The van der Waals surface area contributed by atoms with Crippen molar-refractivity contribution >= 4 is 6.08 Å². The minimum Gasteiger partial charge on any atom is -0.402 e. The number of H-pyrrole nitrogens is 1. The standard InChI is InChI=1S/C9H10N2/c10-8-3-5-1-2-11-9(5)7-4-6(7)8/h1-3,6-7,11H,4,10H2. The van der Waals surface area contributed by atoms with E-state index in [1.165, 1.54) is 17.7 Å². The van der Waals surface area contributed by atoms with Gasteiger partial charge in [0.15, 0.2) is 0 Å². The fraction of sp³-hybridized carbons (Fsp3) is 0.333. The smallest absolute Gasteiger partial charge is 0.0259 e. The number of fused-ring (bicyclic) bond motifs is 3. The first kappa shape index (κ1) is 5.47. The van der Waals surface area contributed by atoms with Gasteiger partial charge in [-0.05, 0) is 24.1 Å². The lowest BCUT2D eigenvalue weighted by Crippen LogP contribution is -2.04. The highest BCUT2D eigenvalue weighted by Crippen LogP contribution is 2.54. The Labute approximate surface area is 65.1 Å². The lowest BCUT2D eigenvalue weighted by atomic mass is 10.0. The molecule has 2 nitrogen and oxygen atoms in total. The van der Waals surface area contributed by atoms with Crippen molar-refractivity contribution in [3.63, 3.8) is 0 Å². The molecule has 0 spiro atoms. The second-order valence-corrected chi connectivity index (χ2v) is 3.44. The molecule has 0 bridgehead atoms. The summed E-state index contributed by atoms with van der Waals surface area (Å²) >= 11 is 0. The summed E-state index contributed by atoms with van der Waals surface area (Å²) in [6, 6.07) is 2.09. The first-order valence-corrected chi connectivity index (χ1v) is 4.00. The predicted octanol–water partition coefficient (Wildman–Crippen LogP) is 1.43. The van der Waals surface area contributed by atoms with E-state index in [0.29, 0.717) is 11.8 Å². The number of rotatable bonds is 0. The molecule has 1 fully saturated rings. The van der Waals surface area contributed by atoms with Crippen molar-refractivity contribution in [3.05, 3.63) is 29.2 Å². The molecule has 2 unspecified atom stereocenters. The third-order valence-corrected chi connectivity index (χ3v) is 2.72. The molecule has 3 N–H and O–H groups in total. The monoisotopic (exact) mass is 146 g/mol. The lowest BCUT2D eigenvalue weighted by molar-refractivity contribution is 0.890. The van der Waals surface area contributed by atoms with Crippen LogP contribution in [0.1, 0.15) is 23.6 Å². The van der Waals surface area contributed by atoms with Crippen molar-refractivity contribution in [2.24, 2.45) is 11.7 Å². The summed E-state index contributed by atoms with van der Waals surface area (Å²) < 4.78 is 0. The van der Waals surface area contributed by atoms with Gasteiger partial charge in [0.2, 0.25) is 0 Å². The number of hydrogen-bond donors (Lipinski definition) is 2. The molecule has 1 aromatic rings. The molecule has 0 amide bonds. The van der Waals surface area contributed by atoms with Crippen LogP contribution in [0.3, 0.4) is 0 Å². The van der Waals surface area contributed by atoms with E-state index >= 15 is 0 Å². The second kappa shape index (κ2) is 1.52. The zero-order valence-corrected chi connectivity index (χ0v) is 6.17. The maximum atomic E-state index is 5.84. The minimum atomic E-state index is 0.654. The third-order valence-electron chi connectivity index (χ3n) is 2.72. The van der Waals surface area contributed by atoms with Gasteiger partial charge in [0.05, 0.1) is 0 Å². The fourth-order valence-corrected chi connectivity index (χ4v) is 2.01. The Bertz CT molecular complexity index is 335. The van der Waals surface area contributed by atoms with Crippen LogP contribution in [0.4, 0.5) is 0 Å². The van der Waals surface area contributed by atoms with Gasteiger partial charge in [-0.2, -0.15) is 0 Å². The summed E-state index contributed by atoms with van der Waals surface area (Å²) in [5.41, 5.74) is 9.60. The van der Waals surface area contributed by atoms with Crippen molar-refractivity contribution in [1.29, 1.82) is 0 Å². The van der Waals surface area contributed by atoms with E-state index in [-0.39, 0.29) is 0 Å². The van der Waals surface area contributed by atoms with Gasteiger partial charge in [-0.1, -0.05) is 0 Å². The Kier molecular flexibility index (Phi) is 0.757. The fourth-order valence-electron chi connectivity index (χ4n) is 2.01. The molecule has 0 radical (unpaired) electrons. The average Bonchev–Trinajstić information content (AvgIpc) is 2.67. The molecule has 2 aliphatic carbocycles. The predicted molar refractivity (Wildman–Crippen MR) is 43.8 cm³/mol. The van der Waals surface area contributed by atoms with Crippen LogP contribution in [0.25, 0.3) is 6.08 Å². The summed E-state index contributed by atoms with van der Waals surface area (Å²) in [5, 5.41) is 0. The van der Waals surface area contributed by atoms with Gasteiger partial charge in [0, 0.05) is 29.4 Å². The summed E-state index contributed by atoms with van der Waals surface area (Å²) in [5.74, 6) is 1.37. The van der Waals surface area contributed by atoms with Crippen molar-refractivity contribution in [2.75, 3.05) is 0 Å². The van der Waals surface area contributed by atoms with E-state index in [9.17, 15) is 0 Å². The molecule has 1 saturated carbocycles. The number of allylic oxidation sites excluding steroid dienone is 1. The van der Waals surface area contributed by atoms with Crippen LogP contribution < -0.4 is 5.73 Å². The summed E-state index contributed by atoms with van der Waals surface area (Å²) in [7, 11) is 0. The zero-order chi connectivity index (χ0) is 7.42. The maximum Gasteiger partial charge on any atom is 0.0259 e. The zero-order valence-electron chi connectivity index (χ0n) is 6.17. The third kappa shape index (κ3) is 0.570. The van der Waals surface area contributed by atoms with Gasteiger partial charge in [0.1, 0.15) is 0 Å². The van der Waals surface area contributed by atoms with E-state index < -0.39 is 0 Å². The maximum absolute atomic E-state index is 5.84. The molecule has 56 valence electrons. The van der Waals surface area contributed by atoms with Gasteiger partial charge >= 0.3 is 0 Å². The Balaban J connectivity index is 2.24. The van der Waals surface area contributed by atoms with Crippen LogP contribution in [0, 0.1) is 5.92 Å². The van der Waals surface area contributed by atoms with Crippen LogP contribution in [0.15, 0.2) is 18.0 Å². The van der Waals surface area contributed by atoms with Crippen LogP contribution in [0.5, 0.6) is 0 Å². The molecule has 11 heavy (non-hydrogen) atoms. The molecule has 0 aromatic carbocycles. The summed E-state index contributed by atoms with van der Waals surface area (Å²) in [6.45, 7) is 0. The van der Waals surface area contributed by atoms with E-state index in [1.54, 1.807) is 0 Å². The van der Waals surface area contributed by atoms with Gasteiger partial charge in [-0.25, -0.2) is 0 Å². The first-order valence-electron chi connectivity index (χ1n) is 4.00. The molecular weight excluding hydrogens is 136 g/mol.